The highest BCUT2D eigenvalue weighted by Gasteiger charge is 2.29. The Labute approximate surface area is 107 Å². The lowest BCUT2D eigenvalue weighted by Crippen LogP contribution is -2.24. The molecule has 2 heteroatoms. The van der Waals surface area contributed by atoms with Gasteiger partial charge in [-0.2, -0.15) is 0 Å². The standard InChI is InChI=1S/C16H17NO/c1-16(2)10-13-8-12(6-7-15(13)18-16)11-4-3-5-14(17)9-11/h3-9H,10,17H2,1-2H3. The molecule has 0 unspecified atom stereocenters. The molecular formula is C16H17NO. The van der Waals surface area contributed by atoms with Gasteiger partial charge in [-0.15, -0.1) is 0 Å². The summed E-state index contributed by atoms with van der Waals surface area (Å²) in [6, 6.07) is 14.3. The van der Waals surface area contributed by atoms with Crippen molar-refractivity contribution in [2.45, 2.75) is 25.9 Å². The molecular weight excluding hydrogens is 222 g/mol. The zero-order chi connectivity index (χ0) is 12.8. The SMILES string of the molecule is CC1(C)Cc2cc(-c3cccc(N)c3)ccc2O1. The van der Waals surface area contributed by atoms with E-state index in [-0.39, 0.29) is 5.60 Å². The molecule has 18 heavy (non-hydrogen) atoms. The molecule has 1 aliphatic rings. The van der Waals surface area contributed by atoms with Gasteiger partial charge in [-0.3, -0.25) is 0 Å². The maximum atomic E-state index is 5.88. The van der Waals surface area contributed by atoms with Crippen LogP contribution in [0.25, 0.3) is 11.1 Å². The Kier molecular flexibility index (Phi) is 2.34. The summed E-state index contributed by atoms with van der Waals surface area (Å²) in [6.07, 6.45) is 0.957. The van der Waals surface area contributed by atoms with Crippen LogP contribution in [0.1, 0.15) is 19.4 Å². The Morgan fingerprint density at radius 2 is 1.83 bits per heavy atom. The summed E-state index contributed by atoms with van der Waals surface area (Å²) in [6.45, 7) is 4.24. The van der Waals surface area contributed by atoms with E-state index in [0.29, 0.717) is 0 Å². The molecule has 0 aliphatic carbocycles. The predicted molar refractivity (Wildman–Crippen MR) is 74.7 cm³/mol. The van der Waals surface area contributed by atoms with Crippen LogP contribution in [-0.2, 0) is 6.42 Å². The normalized spacial score (nSPS) is 16.1. The Morgan fingerprint density at radius 3 is 2.61 bits per heavy atom. The highest BCUT2D eigenvalue weighted by Crippen LogP contribution is 2.37. The molecule has 0 spiro atoms. The number of hydrogen-bond acceptors (Lipinski definition) is 2. The lowest BCUT2D eigenvalue weighted by molar-refractivity contribution is 0.138. The molecule has 0 amide bonds. The van der Waals surface area contributed by atoms with Crippen molar-refractivity contribution in [2.24, 2.45) is 0 Å². The lowest BCUT2D eigenvalue weighted by Gasteiger charge is -2.16. The van der Waals surface area contributed by atoms with Gasteiger partial charge in [0, 0.05) is 12.1 Å². The van der Waals surface area contributed by atoms with Crippen LogP contribution < -0.4 is 10.5 Å². The molecule has 0 bridgehead atoms. The number of hydrogen-bond donors (Lipinski definition) is 1. The average molecular weight is 239 g/mol. The third-order valence-electron chi connectivity index (χ3n) is 3.28. The van der Waals surface area contributed by atoms with E-state index in [4.69, 9.17) is 10.5 Å². The highest BCUT2D eigenvalue weighted by atomic mass is 16.5. The number of anilines is 1. The first kappa shape index (κ1) is 11.1. The maximum Gasteiger partial charge on any atom is 0.123 e. The summed E-state index contributed by atoms with van der Waals surface area (Å²) in [5.41, 5.74) is 10.2. The second-order valence-corrected chi connectivity index (χ2v) is 5.49. The Hall–Kier alpha value is -1.96. The van der Waals surface area contributed by atoms with E-state index in [0.717, 1.165) is 23.4 Å². The monoisotopic (exact) mass is 239 g/mol. The highest BCUT2D eigenvalue weighted by molar-refractivity contribution is 5.69. The van der Waals surface area contributed by atoms with Crippen molar-refractivity contribution in [1.82, 2.24) is 0 Å². The predicted octanol–water partition coefficient (Wildman–Crippen LogP) is 3.65. The molecule has 0 radical (unpaired) electrons. The minimum absolute atomic E-state index is 0.0866. The third-order valence-corrected chi connectivity index (χ3v) is 3.28. The van der Waals surface area contributed by atoms with E-state index in [1.165, 1.54) is 11.1 Å². The Balaban J connectivity index is 2.02. The van der Waals surface area contributed by atoms with Gasteiger partial charge in [0.2, 0.25) is 0 Å². The van der Waals surface area contributed by atoms with Crippen LogP contribution in [0.4, 0.5) is 5.69 Å². The van der Waals surface area contributed by atoms with Crippen molar-refractivity contribution in [2.75, 3.05) is 5.73 Å². The lowest BCUT2D eigenvalue weighted by atomic mass is 9.97. The van der Waals surface area contributed by atoms with Gasteiger partial charge in [-0.05, 0) is 54.8 Å². The van der Waals surface area contributed by atoms with Crippen LogP contribution in [-0.4, -0.2) is 5.60 Å². The summed E-state index contributed by atoms with van der Waals surface area (Å²) in [5.74, 6) is 1.01. The topological polar surface area (TPSA) is 35.2 Å². The van der Waals surface area contributed by atoms with E-state index in [2.05, 4.69) is 38.1 Å². The summed E-state index contributed by atoms with van der Waals surface area (Å²) in [4.78, 5) is 0. The van der Waals surface area contributed by atoms with Crippen LogP contribution in [0, 0.1) is 0 Å². The molecule has 0 saturated carbocycles. The van der Waals surface area contributed by atoms with Crippen molar-refractivity contribution in [3.63, 3.8) is 0 Å². The average Bonchev–Trinajstić information content (AvgIpc) is 2.61. The van der Waals surface area contributed by atoms with Gasteiger partial charge >= 0.3 is 0 Å². The molecule has 3 rings (SSSR count). The van der Waals surface area contributed by atoms with Crippen molar-refractivity contribution in [1.29, 1.82) is 0 Å². The third kappa shape index (κ3) is 1.94. The van der Waals surface area contributed by atoms with Gasteiger partial charge in [0.05, 0.1) is 0 Å². The van der Waals surface area contributed by atoms with E-state index in [9.17, 15) is 0 Å². The zero-order valence-electron chi connectivity index (χ0n) is 10.7. The largest absolute Gasteiger partial charge is 0.487 e. The second kappa shape index (κ2) is 3.77. The smallest absolute Gasteiger partial charge is 0.123 e. The second-order valence-electron chi connectivity index (χ2n) is 5.49. The van der Waals surface area contributed by atoms with Crippen LogP contribution in [0.15, 0.2) is 42.5 Å². The molecule has 2 nitrogen and oxygen atoms in total. The molecule has 1 heterocycles. The van der Waals surface area contributed by atoms with Gasteiger partial charge < -0.3 is 10.5 Å². The zero-order valence-corrected chi connectivity index (χ0v) is 10.7. The van der Waals surface area contributed by atoms with E-state index < -0.39 is 0 Å². The molecule has 92 valence electrons. The molecule has 0 fully saturated rings. The molecule has 0 atom stereocenters. The van der Waals surface area contributed by atoms with Gasteiger partial charge in [0.25, 0.3) is 0 Å². The number of rotatable bonds is 1. The fourth-order valence-corrected chi connectivity index (χ4v) is 2.51. The number of nitrogen functional groups attached to an aromatic ring is 1. The van der Waals surface area contributed by atoms with Gasteiger partial charge in [0.1, 0.15) is 11.4 Å². The van der Waals surface area contributed by atoms with Crippen molar-refractivity contribution in [3.8, 4) is 16.9 Å². The van der Waals surface area contributed by atoms with E-state index in [1.54, 1.807) is 0 Å². The Morgan fingerprint density at radius 1 is 1.06 bits per heavy atom. The minimum atomic E-state index is -0.0866. The summed E-state index contributed by atoms with van der Waals surface area (Å²) < 4.78 is 5.88. The number of nitrogens with two attached hydrogens (primary N) is 1. The Bertz CT molecular complexity index is 602. The van der Waals surface area contributed by atoms with Crippen molar-refractivity contribution < 1.29 is 4.74 Å². The minimum Gasteiger partial charge on any atom is -0.487 e. The van der Waals surface area contributed by atoms with Crippen molar-refractivity contribution in [3.05, 3.63) is 48.0 Å². The summed E-state index contributed by atoms with van der Waals surface area (Å²) in [5, 5.41) is 0. The number of ether oxygens (including phenoxy) is 1. The number of fused-ring (bicyclic) bond motifs is 1. The first-order valence-electron chi connectivity index (χ1n) is 6.21. The molecule has 2 N–H and O–H groups in total. The first-order valence-corrected chi connectivity index (χ1v) is 6.21. The first-order chi connectivity index (χ1) is 8.53. The van der Waals surface area contributed by atoms with Gasteiger partial charge in [-0.25, -0.2) is 0 Å². The molecule has 0 aromatic heterocycles. The fourth-order valence-electron chi connectivity index (χ4n) is 2.51. The van der Waals surface area contributed by atoms with Crippen LogP contribution >= 0.6 is 0 Å². The molecule has 0 saturated heterocycles. The van der Waals surface area contributed by atoms with E-state index in [1.807, 2.05) is 18.2 Å². The van der Waals surface area contributed by atoms with Crippen LogP contribution in [0.5, 0.6) is 5.75 Å². The maximum absolute atomic E-state index is 5.88. The quantitative estimate of drug-likeness (QED) is 0.771. The fraction of sp³-hybridized carbons (Fsp3) is 0.250. The van der Waals surface area contributed by atoms with Crippen molar-refractivity contribution >= 4 is 5.69 Å². The molecule has 1 aliphatic heterocycles. The summed E-state index contributed by atoms with van der Waals surface area (Å²) >= 11 is 0. The number of benzene rings is 2. The van der Waals surface area contributed by atoms with Gasteiger partial charge in [0.15, 0.2) is 0 Å². The molecule has 2 aromatic rings. The summed E-state index contributed by atoms with van der Waals surface area (Å²) in [7, 11) is 0. The van der Waals surface area contributed by atoms with Gasteiger partial charge in [-0.1, -0.05) is 18.2 Å². The van der Waals surface area contributed by atoms with E-state index >= 15 is 0 Å². The van der Waals surface area contributed by atoms with Crippen LogP contribution in [0.3, 0.4) is 0 Å². The molecule has 2 aromatic carbocycles. The van der Waals surface area contributed by atoms with Crippen LogP contribution in [0.2, 0.25) is 0 Å².